The van der Waals surface area contributed by atoms with Crippen molar-refractivity contribution in [2.45, 2.75) is 25.8 Å². The van der Waals surface area contributed by atoms with Crippen LogP contribution in [0.15, 0.2) is 42.5 Å². The third-order valence-electron chi connectivity index (χ3n) is 2.51. The number of hydrogen-bond donors (Lipinski definition) is 2. The van der Waals surface area contributed by atoms with Gasteiger partial charge in [0, 0.05) is 30.2 Å². The molecule has 0 fully saturated rings. The third kappa shape index (κ3) is 3.94. The van der Waals surface area contributed by atoms with Gasteiger partial charge >= 0.3 is 0 Å². The van der Waals surface area contributed by atoms with Crippen LogP contribution in [0, 0.1) is 0 Å². The fraction of sp³-hybridized carbons (Fsp3) is 0.375. The van der Waals surface area contributed by atoms with E-state index in [1.165, 1.54) is 0 Å². The molecule has 0 saturated heterocycles. The number of nitrogens with one attached hydrogen (secondary N) is 1. The van der Waals surface area contributed by atoms with Gasteiger partial charge in [-0.15, -0.1) is 0 Å². The molecule has 0 heterocycles. The maximum atomic E-state index is 10.2. The fourth-order valence-electron chi connectivity index (χ4n) is 1.69. The Balaban J connectivity index is 2.19. The third-order valence-corrected chi connectivity index (χ3v) is 2.51. The first-order valence-corrected chi connectivity index (χ1v) is 5.77. The number of ether oxygens (including phenoxy) is 1. The number of hydrogen-bond acceptors (Lipinski definition) is 3. The summed E-state index contributed by atoms with van der Waals surface area (Å²) >= 11 is 0. The summed E-state index contributed by atoms with van der Waals surface area (Å²) in [5, 5.41) is 13.5. The molecular formula is C16H21NO2. The van der Waals surface area contributed by atoms with E-state index in [1.807, 2.05) is 18.2 Å². The molecule has 102 valence electrons. The van der Waals surface area contributed by atoms with Crippen LogP contribution in [0.4, 0.5) is 0 Å². The molecule has 3 heteroatoms. The first-order chi connectivity index (χ1) is 12.7. The van der Waals surface area contributed by atoms with Gasteiger partial charge < -0.3 is 15.2 Å². The highest BCUT2D eigenvalue weighted by Gasteiger charge is 2.07. The summed E-state index contributed by atoms with van der Waals surface area (Å²) in [5.41, 5.74) is 0. The maximum Gasteiger partial charge on any atom is 0.127 e. The molecule has 0 saturated carbocycles. The van der Waals surface area contributed by atoms with E-state index < -0.39 is 38.9 Å². The predicted octanol–water partition coefficient (Wildman–Crippen LogP) is 2.58. The SMILES string of the molecule is [2H]C([2H])(NC([2H])(C([2H])([2H])[2H])C([2H])([2H])[2H])C(O)COc1cccc2ccccc12. The summed E-state index contributed by atoms with van der Waals surface area (Å²) in [4.78, 5) is 0. The minimum absolute atomic E-state index is 0.372. The van der Waals surface area contributed by atoms with Gasteiger partial charge in [0.2, 0.25) is 0 Å². The number of rotatable bonds is 6. The van der Waals surface area contributed by atoms with Gasteiger partial charge in [0.15, 0.2) is 0 Å². The molecule has 2 rings (SSSR count). The maximum absolute atomic E-state index is 10.2. The van der Waals surface area contributed by atoms with Crippen molar-refractivity contribution < 1.29 is 22.2 Å². The van der Waals surface area contributed by atoms with Gasteiger partial charge in [0.05, 0.1) is 0 Å². The monoisotopic (exact) mass is 268 g/mol. The molecule has 2 aromatic carbocycles. The Morgan fingerprint density at radius 1 is 1.32 bits per heavy atom. The zero-order valence-corrected chi connectivity index (χ0v) is 10.2. The summed E-state index contributed by atoms with van der Waals surface area (Å²) in [5.74, 6) is 0.372. The minimum Gasteiger partial charge on any atom is -0.490 e. The van der Waals surface area contributed by atoms with Crippen molar-refractivity contribution in [3.8, 4) is 5.75 Å². The van der Waals surface area contributed by atoms with Crippen molar-refractivity contribution in [3.63, 3.8) is 0 Å². The molecular weight excluding hydrogens is 238 g/mol. The molecule has 0 radical (unpaired) electrons. The van der Waals surface area contributed by atoms with Gasteiger partial charge in [-0.1, -0.05) is 50.1 Å². The van der Waals surface area contributed by atoms with Crippen LogP contribution in [0.25, 0.3) is 10.8 Å². The van der Waals surface area contributed by atoms with Crippen molar-refractivity contribution in [3.05, 3.63) is 42.5 Å². The standard InChI is InChI=1S/C16H21NO2/c1-12(2)17-10-14(18)11-19-16-9-5-7-13-6-3-4-8-15(13)16/h3-9,12,14,17-18H,10-11H2,1-2H3/i1D3,2D3,10D2,12D. The highest BCUT2D eigenvalue weighted by atomic mass is 16.5. The van der Waals surface area contributed by atoms with Gasteiger partial charge in [0.1, 0.15) is 18.5 Å². The molecule has 2 aromatic rings. The second-order valence-electron chi connectivity index (χ2n) is 3.95. The van der Waals surface area contributed by atoms with Crippen molar-refractivity contribution in [2.24, 2.45) is 0 Å². The first-order valence-electron chi connectivity index (χ1n) is 10.3. The van der Waals surface area contributed by atoms with E-state index in [0.717, 1.165) is 10.8 Å². The Morgan fingerprint density at radius 3 is 2.95 bits per heavy atom. The number of fused-ring (bicyclic) bond motifs is 1. The molecule has 0 aliphatic heterocycles. The van der Waals surface area contributed by atoms with E-state index in [9.17, 15) is 5.11 Å². The van der Waals surface area contributed by atoms with Crippen LogP contribution in [-0.4, -0.2) is 30.3 Å². The van der Waals surface area contributed by atoms with Crippen molar-refractivity contribution >= 4 is 10.8 Å². The van der Waals surface area contributed by atoms with Gasteiger partial charge in [0.25, 0.3) is 0 Å². The molecule has 0 aliphatic rings. The normalized spacial score (nSPS) is 22.5. The van der Waals surface area contributed by atoms with Crippen LogP contribution >= 0.6 is 0 Å². The van der Waals surface area contributed by atoms with Crippen LogP contribution in [0.3, 0.4) is 0 Å². The van der Waals surface area contributed by atoms with E-state index in [-0.39, 0.29) is 0 Å². The number of aliphatic hydroxyl groups excluding tert-OH is 1. The van der Waals surface area contributed by atoms with E-state index in [1.54, 1.807) is 29.6 Å². The second kappa shape index (κ2) is 6.55. The summed E-state index contributed by atoms with van der Waals surface area (Å²) in [6.07, 6.45) is -1.94. The predicted molar refractivity (Wildman–Crippen MR) is 78.6 cm³/mol. The Kier molecular flexibility index (Phi) is 2.15. The molecule has 0 spiro atoms. The molecule has 1 unspecified atom stereocenters. The Labute approximate surface area is 126 Å². The molecule has 0 aromatic heterocycles. The quantitative estimate of drug-likeness (QED) is 0.846. The Morgan fingerprint density at radius 2 is 2.11 bits per heavy atom. The van der Waals surface area contributed by atoms with Crippen molar-refractivity contribution in [1.82, 2.24) is 5.32 Å². The van der Waals surface area contributed by atoms with Gasteiger partial charge in [-0.2, -0.15) is 0 Å². The highest BCUT2D eigenvalue weighted by molar-refractivity contribution is 5.88. The topological polar surface area (TPSA) is 41.5 Å². The summed E-state index contributed by atoms with van der Waals surface area (Å²) in [6, 6.07) is 9.12. The van der Waals surface area contributed by atoms with Gasteiger partial charge in [-0.3, -0.25) is 0 Å². The van der Waals surface area contributed by atoms with Crippen LogP contribution < -0.4 is 10.1 Å². The van der Waals surface area contributed by atoms with Gasteiger partial charge in [-0.05, 0) is 11.5 Å². The number of aliphatic hydroxyl groups is 1. The highest BCUT2D eigenvalue weighted by Crippen LogP contribution is 2.25. The average molecular weight is 268 g/mol. The molecule has 0 aliphatic carbocycles. The molecule has 2 N–H and O–H groups in total. The summed E-state index contributed by atoms with van der Waals surface area (Å²) < 4.78 is 73.1. The molecule has 0 amide bonds. The smallest absolute Gasteiger partial charge is 0.127 e. The lowest BCUT2D eigenvalue weighted by Gasteiger charge is -2.15. The fourth-order valence-corrected chi connectivity index (χ4v) is 1.69. The lowest BCUT2D eigenvalue weighted by Crippen LogP contribution is -2.35. The minimum atomic E-state index is -3.37. The summed E-state index contributed by atoms with van der Waals surface area (Å²) in [6.45, 7) is -10.3. The van der Waals surface area contributed by atoms with Crippen LogP contribution in [-0.2, 0) is 0 Å². The van der Waals surface area contributed by atoms with E-state index in [2.05, 4.69) is 0 Å². The Hall–Kier alpha value is -1.58. The first kappa shape index (κ1) is 6.25. The molecule has 1 atom stereocenters. The molecule has 19 heavy (non-hydrogen) atoms. The van der Waals surface area contributed by atoms with E-state index in [0.29, 0.717) is 5.75 Å². The van der Waals surface area contributed by atoms with Crippen LogP contribution in [0.1, 0.15) is 26.0 Å². The van der Waals surface area contributed by atoms with Crippen molar-refractivity contribution in [2.75, 3.05) is 13.1 Å². The summed E-state index contributed by atoms with van der Waals surface area (Å²) in [7, 11) is 0. The lowest BCUT2D eigenvalue weighted by atomic mass is 10.1. The second-order valence-corrected chi connectivity index (χ2v) is 3.95. The molecule has 0 bridgehead atoms. The zero-order valence-electron chi connectivity index (χ0n) is 19.2. The van der Waals surface area contributed by atoms with Crippen molar-refractivity contribution in [1.29, 1.82) is 0 Å². The van der Waals surface area contributed by atoms with Crippen LogP contribution in [0.2, 0.25) is 0 Å². The van der Waals surface area contributed by atoms with Crippen LogP contribution in [0.5, 0.6) is 5.75 Å². The number of benzene rings is 2. The zero-order chi connectivity index (χ0) is 21.4. The van der Waals surface area contributed by atoms with E-state index in [4.69, 9.17) is 17.1 Å². The van der Waals surface area contributed by atoms with E-state index >= 15 is 0 Å². The average Bonchev–Trinajstić information content (AvgIpc) is 2.57. The van der Waals surface area contributed by atoms with Gasteiger partial charge in [-0.25, -0.2) is 0 Å². The lowest BCUT2D eigenvalue weighted by molar-refractivity contribution is 0.105. The largest absolute Gasteiger partial charge is 0.490 e. The molecule has 3 nitrogen and oxygen atoms in total. The Bertz CT molecular complexity index is 800.